The van der Waals surface area contributed by atoms with Crippen molar-refractivity contribution in [2.24, 2.45) is 7.05 Å². The van der Waals surface area contributed by atoms with Crippen molar-refractivity contribution in [2.45, 2.75) is 19.8 Å². The highest BCUT2D eigenvalue weighted by Crippen LogP contribution is 2.36. The van der Waals surface area contributed by atoms with Crippen LogP contribution in [0.5, 0.6) is 5.75 Å². The standard InChI is InChI=1S/C14H19N3O/c1-9(2)12-13(16-17(3)14(12)15)10-7-5-6-8-11(10)18-4/h5-9H,15H2,1-4H3. The Morgan fingerprint density at radius 1 is 1.28 bits per heavy atom. The molecule has 4 nitrogen and oxygen atoms in total. The maximum absolute atomic E-state index is 6.09. The maximum Gasteiger partial charge on any atom is 0.128 e. The van der Waals surface area contributed by atoms with Gasteiger partial charge < -0.3 is 10.5 Å². The van der Waals surface area contributed by atoms with E-state index in [-0.39, 0.29) is 0 Å². The number of rotatable bonds is 3. The molecule has 2 N–H and O–H groups in total. The Morgan fingerprint density at radius 2 is 1.94 bits per heavy atom. The molecule has 0 unspecified atom stereocenters. The van der Waals surface area contributed by atoms with Crippen LogP contribution in [0.15, 0.2) is 24.3 Å². The van der Waals surface area contributed by atoms with Gasteiger partial charge in [0.25, 0.3) is 0 Å². The van der Waals surface area contributed by atoms with Crippen molar-refractivity contribution in [3.8, 4) is 17.0 Å². The number of nitrogen functional groups attached to an aromatic ring is 1. The van der Waals surface area contributed by atoms with Gasteiger partial charge in [-0.1, -0.05) is 26.0 Å². The van der Waals surface area contributed by atoms with Gasteiger partial charge in [-0.3, -0.25) is 4.68 Å². The van der Waals surface area contributed by atoms with Crippen LogP contribution in [0.25, 0.3) is 11.3 Å². The van der Waals surface area contributed by atoms with Gasteiger partial charge in [-0.05, 0) is 18.1 Å². The fourth-order valence-electron chi connectivity index (χ4n) is 2.16. The molecular weight excluding hydrogens is 226 g/mol. The summed E-state index contributed by atoms with van der Waals surface area (Å²) in [5, 5.41) is 4.52. The Balaban J connectivity index is 2.67. The van der Waals surface area contributed by atoms with E-state index in [0.29, 0.717) is 11.7 Å². The zero-order chi connectivity index (χ0) is 13.3. The van der Waals surface area contributed by atoms with Gasteiger partial charge in [0, 0.05) is 18.2 Å². The third-order valence-corrected chi connectivity index (χ3v) is 3.07. The molecular formula is C14H19N3O. The van der Waals surface area contributed by atoms with Crippen LogP contribution in [-0.2, 0) is 7.05 Å². The third kappa shape index (κ3) is 1.94. The Bertz CT molecular complexity index is 558. The maximum atomic E-state index is 6.09. The van der Waals surface area contributed by atoms with Crippen molar-refractivity contribution >= 4 is 5.82 Å². The van der Waals surface area contributed by atoms with E-state index in [1.165, 1.54) is 0 Å². The summed E-state index contributed by atoms with van der Waals surface area (Å²) >= 11 is 0. The first-order chi connectivity index (χ1) is 8.56. The van der Waals surface area contributed by atoms with Crippen LogP contribution in [0, 0.1) is 0 Å². The number of hydrogen-bond acceptors (Lipinski definition) is 3. The lowest BCUT2D eigenvalue weighted by molar-refractivity contribution is 0.416. The van der Waals surface area contributed by atoms with E-state index < -0.39 is 0 Å². The molecule has 0 radical (unpaired) electrons. The van der Waals surface area contributed by atoms with Crippen molar-refractivity contribution in [3.05, 3.63) is 29.8 Å². The van der Waals surface area contributed by atoms with E-state index in [0.717, 1.165) is 22.6 Å². The lowest BCUT2D eigenvalue weighted by atomic mass is 9.98. The van der Waals surface area contributed by atoms with Crippen LogP contribution >= 0.6 is 0 Å². The average molecular weight is 245 g/mol. The molecule has 1 aromatic carbocycles. The minimum absolute atomic E-state index is 0.318. The van der Waals surface area contributed by atoms with Gasteiger partial charge in [0.2, 0.25) is 0 Å². The molecule has 1 heterocycles. The molecule has 2 aromatic rings. The van der Waals surface area contributed by atoms with Gasteiger partial charge in [-0.15, -0.1) is 0 Å². The SMILES string of the molecule is COc1ccccc1-c1nn(C)c(N)c1C(C)C. The molecule has 0 bridgehead atoms. The summed E-state index contributed by atoms with van der Waals surface area (Å²) < 4.78 is 7.11. The summed E-state index contributed by atoms with van der Waals surface area (Å²) in [6.45, 7) is 4.23. The van der Waals surface area contributed by atoms with E-state index in [1.807, 2.05) is 31.3 Å². The second-order valence-electron chi connectivity index (χ2n) is 4.63. The summed E-state index contributed by atoms with van der Waals surface area (Å²) in [5.74, 6) is 1.85. The number of aryl methyl sites for hydroxylation is 1. The van der Waals surface area contributed by atoms with E-state index >= 15 is 0 Å². The minimum Gasteiger partial charge on any atom is -0.496 e. The Morgan fingerprint density at radius 3 is 2.56 bits per heavy atom. The third-order valence-electron chi connectivity index (χ3n) is 3.07. The summed E-state index contributed by atoms with van der Waals surface area (Å²) in [6, 6.07) is 7.87. The molecule has 0 amide bonds. The molecule has 1 aromatic heterocycles. The van der Waals surface area contributed by atoms with Crippen molar-refractivity contribution in [3.63, 3.8) is 0 Å². The normalized spacial score (nSPS) is 10.9. The molecule has 0 atom stereocenters. The van der Waals surface area contributed by atoms with Crippen LogP contribution in [0.1, 0.15) is 25.3 Å². The highest BCUT2D eigenvalue weighted by molar-refractivity contribution is 5.74. The van der Waals surface area contributed by atoms with Crippen LogP contribution in [0.4, 0.5) is 5.82 Å². The number of ether oxygens (including phenoxy) is 1. The Kier molecular flexibility index (Phi) is 3.28. The first-order valence-electron chi connectivity index (χ1n) is 6.02. The fourth-order valence-corrected chi connectivity index (χ4v) is 2.16. The highest BCUT2D eigenvalue weighted by Gasteiger charge is 2.20. The smallest absolute Gasteiger partial charge is 0.128 e. The molecule has 96 valence electrons. The van der Waals surface area contributed by atoms with Crippen LogP contribution in [0.3, 0.4) is 0 Å². The fraction of sp³-hybridized carbons (Fsp3) is 0.357. The van der Waals surface area contributed by atoms with Crippen molar-refractivity contribution in [1.82, 2.24) is 9.78 Å². The van der Waals surface area contributed by atoms with Gasteiger partial charge in [0.05, 0.1) is 7.11 Å². The largest absolute Gasteiger partial charge is 0.496 e. The topological polar surface area (TPSA) is 53.1 Å². The van der Waals surface area contributed by atoms with Gasteiger partial charge in [-0.2, -0.15) is 5.10 Å². The summed E-state index contributed by atoms with van der Waals surface area (Å²) in [5.41, 5.74) is 9.05. The van der Waals surface area contributed by atoms with Gasteiger partial charge in [0.15, 0.2) is 0 Å². The summed E-state index contributed by atoms with van der Waals surface area (Å²) in [7, 11) is 3.53. The van der Waals surface area contributed by atoms with Crippen molar-refractivity contribution < 1.29 is 4.74 Å². The molecule has 0 saturated carbocycles. The quantitative estimate of drug-likeness (QED) is 0.904. The number of hydrogen-bond donors (Lipinski definition) is 1. The Hall–Kier alpha value is -1.97. The lowest BCUT2D eigenvalue weighted by Gasteiger charge is -2.10. The lowest BCUT2D eigenvalue weighted by Crippen LogP contribution is -2.00. The van der Waals surface area contributed by atoms with Crippen LogP contribution in [0.2, 0.25) is 0 Å². The number of benzene rings is 1. The molecule has 0 spiro atoms. The molecule has 0 saturated heterocycles. The predicted octanol–water partition coefficient (Wildman–Crippen LogP) is 2.80. The van der Waals surface area contributed by atoms with E-state index in [2.05, 4.69) is 18.9 Å². The summed E-state index contributed by atoms with van der Waals surface area (Å²) in [4.78, 5) is 0. The molecule has 4 heteroatoms. The zero-order valence-electron chi connectivity index (χ0n) is 11.3. The van der Waals surface area contributed by atoms with Crippen LogP contribution in [-0.4, -0.2) is 16.9 Å². The Labute approximate surface area is 107 Å². The number of anilines is 1. The second-order valence-corrected chi connectivity index (χ2v) is 4.63. The van der Waals surface area contributed by atoms with Gasteiger partial charge >= 0.3 is 0 Å². The number of para-hydroxylation sites is 1. The molecule has 2 rings (SSSR count). The van der Waals surface area contributed by atoms with E-state index in [1.54, 1.807) is 11.8 Å². The average Bonchev–Trinajstić information content (AvgIpc) is 2.65. The molecule has 0 fully saturated rings. The highest BCUT2D eigenvalue weighted by atomic mass is 16.5. The van der Waals surface area contributed by atoms with E-state index in [4.69, 9.17) is 10.5 Å². The monoisotopic (exact) mass is 245 g/mol. The number of aromatic nitrogens is 2. The number of methoxy groups -OCH3 is 1. The zero-order valence-corrected chi connectivity index (χ0v) is 11.3. The number of nitrogens with two attached hydrogens (primary N) is 1. The molecule has 0 aliphatic heterocycles. The molecule has 0 aliphatic carbocycles. The van der Waals surface area contributed by atoms with Crippen molar-refractivity contribution in [2.75, 3.05) is 12.8 Å². The molecule has 0 aliphatic rings. The van der Waals surface area contributed by atoms with Gasteiger partial charge in [-0.25, -0.2) is 0 Å². The van der Waals surface area contributed by atoms with Crippen LogP contribution < -0.4 is 10.5 Å². The second kappa shape index (κ2) is 4.72. The van der Waals surface area contributed by atoms with Gasteiger partial charge in [0.1, 0.15) is 17.3 Å². The first-order valence-corrected chi connectivity index (χ1v) is 6.02. The summed E-state index contributed by atoms with van der Waals surface area (Å²) in [6.07, 6.45) is 0. The first kappa shape index (κ1) is 12.5. The minimum atomic E-state index is 0.318. The molecule has 18 heavy (non-hydrogen) atoms. The predicted molar refractivity (Wildman–Crippen MR) is 73.7 cm³/mol. The van der Waals surface area contributed by atoms with Crippen molar-refractivity contribution in [1.29, 1.82) is 0 Å². The number of nitrogens with zero attached hydrogens (tertiary/aromatic N) is 2. The van der Waals surface area contributed by atoms with E-state index in [9.17, 15) is 0 Å².